The Morgan fingerprint density at radius 3 is 2.41 bits per heavy atom. The first kappa shape index (κ1) is 18.7. The summed E-state index contributed by atoms with van der Waals surface area (Å²) in [4.78, 5) is 32.3. The maximum absolute atomic E-state index is 12.5. The van der Waals surface area contributed by atoms with Crippen molar-refractivity contribution in [1.82, 2.24) is 19.1 Å². The van der Waals surface area contributed by atoms with Crippen molar-refractivity contribution in [3.8, 4) is 5.75 Å². The van der Waals surface area contributed by atoms with Crippen molar-refractivity contribution >= 4 is 23.3 Å². The van der Waals surface area contributed by atoms with E-state index in [0.29, 0.717) is 35.8 Å². The Kier molecular flexibility index (Phi) is 5.56. The van der Waals surface area contributed by atoms with Gasteiger partial charge in [-0.05, 0) is 37.6 Å². The lowest BCUT2D eigenvalue weighted by molar-refractivity contribution is 0.0511. The summed E-state index contributed by atoms with van der Waals surface area (Å²) in [6.45, 7) is 4.57. The number of nitrogens with zero attached hydrogens (tertiary/aromatic N) is 3. The van der Waals surface area contributed by atoms with Crippen LogP contribution in [0.25, 0.3) is 23.3 Å². The van der Waals surface area contributed by atoms with Gasteiger partial charge in [0.05, 0.1) is 0 Å². The van der Waals surface area contributed by atoms with Gasteiger partial charge in [-0.2, -0.15) is 0 Å². The van der Waals surface area contributed by atoms with Crippen LogP contribution in [0.1, 0.15) is 25.2 Å². The average molecular weight is 370 g/mol. The van der Waals surface area contributed by atoms with E-state index in [1.54, 1.807) is 20.1 Å². The van der Waals surface area contributed by atoms with E-state index < -0.39 is 0 Å². The summed E-state index contributed by atoms with van der Waals surface area (Å²) in [5.41, 5.74) is 0.959. The minimum Gasteiger partial charge on any atom is -0.468 e. The molecule has 0 saturated heterocycles. The lowest BCUT2D eigenvalue weighted by Crippen LogP contribution is -2.39. The van der Waals surface area contributed by atoms with Gasteiger partial charge in [-0.1, -0.05) is 18.2 Å². The van der Waals surface area contributed by atoms with Crippen LogP contribution in [0.15, 0.2) is 33.9 Å². The largest absolute Gasteiger partial charge is 0.468 e. The van der Waals surface area contributed by atoms with Crippen molar-refractivity contribution < 1.29 is 9.47 Å². The van der Waals surface area contributed by atoms with Gasteiger partial charge in [0.1, 0.15) is 17.1 Å². The predicted octanol–water partition coefficient (Wildman–Crippen LogP) is 2.08. The van der Waals surface area contributed by atoms with Crippen LogP contribution >= 0.6 is 0 Å². The molecule has 1 N–H and O–H groups in total. The summed E-state index contributed by atoms with van der Waals surface area (Å²) in [5, 5.41) is 0. The number of aryl methyl sites for hydroxylation is 1. The molecule has 8 nitrogen and oxygen atoms in total. The molecule has 0 amide bonds. The van der Waals surface area contributed by atoms with Crippen LogP contribution in [0.5, 0.6) is 5.75 Å². The minimum absolute atomic E-state index is 0.197. The molecule has 142 valence electrons. The van der Waals surface area contributed by atoms with Crippen molar-refractivity contribution in [2.45, 2.75) is 26.9 Å². The van der Waals surface area contributed by atoms with Crippen molar-refractivity contribution in [2.75, 3.05) is 13.9 Å². The van der Waals surface area contributed by atoms with Gasteiger partial charge in [-0.15, -0.1) is 0 Å². The monoisotopic (exact) mass is 370 g/mol. The highest BCUT2D eigenvalue weighted by molar-refractivity contribution is 5.75. The molecule has 0 spiro atoms. The first-order chi connectivity index (χ1) is 13.1. The molecule has 2 heterocycles. The minimum atomic E-state index is -0.353. The third-order valence-electron chi connectivity index (χ3n) is 4.17. The number of methoxy groups -OCH3 is 1. The second-order valence-corrected chi connectivity index (χ2v) is 5.85. The highest BCUT2D eigenvalue weighted by atomic mass is 16.7. The molecule has 1 aromatic carbocycles. The molecule has 0 radical (unpaired) electrons. The summed E-state index contributed by atoms with van der Waals surface area (Å²) < 4.78 is 12.9. The Morgan fingerprint density at radius 2 is 1.78 bits per heavy atom. The molecule has 0 atom stereocenters. The predicted molar refractivity (Wildman–Crippen MR) is 104 cm³/mol. The summed E-state index contributed by atoms with van der Waals surface area (Å²) in [7, 11) is 1.57. The normalized spacial score (nSPS) is 11.5. The van der Waals surface area contributed by atoms with Crippen molar-refractivity contribution in [1.29, 1.82) is 0 Å². The number of H-pyrrole nitrogens is 1. The van der Waals surface area contributed by atoms with E-state index in [0.717, 1.165) is 5.56 Å². The van der Waals surface area contributed by atoms with Gasteiger partial charge >= 0.3 is 5.69 Å². The molecule has 0 unspecified atom stereocenters. The summed E-state index contributed by atoms with van der Waals surface area (Å²) in [6, 6.07) is 7.48. The molecule has 0 aliphatic heterocycles. The van der Waals surface area contributed by atoms with Crippen LogP contribution in [0, 0.1) is 0 Å². The Bertz CT molecular complexity index is 1070. The smallest absolute Gasteiger partial charge is 0.332 e. The molecule has 2 aromatic heterocycles. The number of rotatable bonds is 7. The van der Waals surface area contributed by atoms with Gasteiger partial charge in [0, 0.05) is 20.2 Å². The van der Waals surface area contributed by atoms with Crippen LogP contribution in [0.3, 0.4) is 0 Å². The molecular formula is C19H22N4O4. The lowest BCUT2D eigenvalue weighted by Gasteiger charge is -2.06. The fourth-order valence-corrected chi connectivity index (χ4v) is 2.80. The van der Waals surface area contributed by atoms with Gasteiger partial charge in [-0.25, -0.2) is 9.78 Å². The number of imidazole rings is 1. The van der Waals surface area contributed by atoms with Crippen LogP contribution < -0.4 is 16.0 Å². The number of ether oxygens (including phenoxy) is 2. The topological polar surface area (TPSA) is 91.1 Å². The Balaban J connectivity index is 1.94. The van der Waals surface area contributed by atoms with Crippen LogP contribution in [0.2, 0.25) is 0 Å². The molecule has 3 rings (SSSR count). The second kappa shape index (κ2) is 8.05. The van der Waals surface area contributed by atoms with Crippen molar-refractivity contribution in [3.63, 3.8) is 0 Å². The van der Waals surface area contributed by atoms with E-state index in [1.807, 2.05) is 37.3 Å². The standard InChI is InChI=1S/C19H22N4O4/c1-4-22-17-16(18(24)23(5-2)19(22)25)20-15(21-17)11-8-13-6-9-14(10-7-13)27-12-26-3/h6-11H,4-5,12H2,1-3H3,(H,20,21). The second-order valence-electron chi connectivity index (χ2n) is 5.85. The maximum atomic E-state index is 12.5. The number of benzene rings is 1. The van der Waals surface area contributed by atoms with E-state index in [-0.39, 0.29) is 18.0 Å². The van der Waals surface area contributed by atoms with E-state index in [9.17, 15) is 9.59 Å². The molecule has 0 fully saturated rings. The SMILES string of the molecule is CCn1c(=O)c2[nH]c(C=Cc3ccc(OCOC)cc3)nc2n(CC)c1=O. The quantitative estimate of drug-likeness (QED) is 0.643. The summed E-state index contributed by atoms with van der Waals surface area (Å²) in [5.74, 6) is 1.22. The fraction of sp³-hybridized carbons (Fsp3) is 0.316. The highest BCUT2D eigenvalue weighted by Crippen LogP contribution is 2.15. The van der Waals surface area contributed by atoms with E-state index >= 15 is 0 Å². The van der Waals surface area contributed by atoms with E-state index in [1.165, 1.54) is 9.13 Å². The van der Waals surface area contributed by atoms with Gasteiger partial charge < -0.3 is 14.5 Å². The average Bonchev–Trinajstić information content (AvgIpc) is 3.10. The summed E-state index contributed by atoms with van der Waals surface area (Å²) >= 11 is 0. The van der Waals surface area contributed by atoms with Gasteiger partial charge in [-0.3, -0.25) is 13.9 Å². The number of hydrogen-bond acceptors (Lipinski definition) is 5. The van der Waals surface area contributed by atoms with Gasteiger partial charge in [0.2, 0.25) is 0 Å². The van der Waals surface area contributed by atoms with Crippen LogP contribution in [-0.2, 0) is 17.8 Å². The first-order valence-corrected chi connectivity index (χ1v) is 8.72. The lowest BCUT2D eigenvalue weighted by atomic mass is 10.2. The zero-order valence-electron chi connectivity index (χ0n) is 15.6. The highest BCUT2D eigenvalue weighted by Gasteiger charge is 2.14. The third kappa shape index (κ3) is 3.70. The molecular weight excluding hydrogens is 348 g/mol. The molecule has 0 aliphatic carbocycles. The van der Waals surface area contributed by atoms with Crippen LogP contribution in [-0.4, -0.2) is 33.0 Å². The Morgan fingerprint density at radius 1 is 1.07 bits per heavy atom. The first-order valence-electron chi connectivity index (χ1n) is 8.72. The van der Waals surface area contributed by atoms with Gasteiger partial charge in [0.15, 0.2) is 12.4 Å². The van der Waals surface area contributed by atoms with E-state index in [2.05, 4.69) is 9.97 Å². The molecule has 0 saturated carbocycles. The van der Waals surface area contributed by atoms with Crippen molar-refractivity contribution in [3.05, 3.63) is 56.5 Å². The maximum Gasteiger partial charge on any atom is 0.332 e. The zero-order chi connectivity index (χ0) is 19.4. The van der Waals surface area contributed by atoms with E-state index in [4.69, 9.17) is 9.47 Å². The third-order valence-corrected chi connectivity index (χ3v) is 4.17. The number of aromatic amines is 1. The van der Waals surface area contributed by atoms with Crippen molar-refractivity contribution in [2.24, 2.45) is 0 Å². The van der Waals surface area contributed by atoms with Gasteiger partial charge in [0.25, 0.3) is 5.56 Å². The fourth-order valence-electron chi connectivity index (χ4n) is 2.80. The number of hydrogen-bond donors (Lipinski definition) is 1. The zero-order valence-corrected chi connectivity index (χ0v) is 15.6. The Hall–Kier alpha value is -3.13. The molecule has 8 heteroatoms. The molecule has 0 bridgehead atoms. The number of nitrogens with one attached hydrogen (secondary N) is 1. The summed E-state index contributed by atoms with van der Waals surface area (Å²) in [6.07, 6.45) is 3.63. The number of aromatic nitrogens is 4. The van der Waals surface area contributed by atoms with Crippen LogP contribution in [0.4, 0.5) is 0 Å². The molecule has 0 aliphatic rings. The Labute approximate surface area is 155 Å². The molecule has 3 aromatic rings. The number of fused-ring (bicyclic) bond motifs is 1. The molecule has 27 heavy (non-hydrogen) atoms.